The standard InChI is InChI=1S/C16H17Cl2NO2/c17-13-7-10(8-14(18)16(20)21)6-12(9-19)15(13)11-4-2-1-3-5-11/h6-7,11,14H,1-5,8H2,(H,20,21). The third-order valence-electron chi connectivity index (χ3n) is 4.01. The highest BCUT2D eigenvalue weighted by Crippen LogP contribution is 2.38. The fourth-order valence-corrected chi connectivity index (χ4v) is 3.56. The fraction of sp³-hybridized carbons (Fsp3) is 0.500. The van der Waals surface area contributed by atoms with Gasteiger partial charge in [-0.3, -0.25) is 4.79 Å². The molecular weight excluding hydrogens is 309 g/mol. The van der Waals surface area contributed by atoms with Crippen molar-refractivity contribution in [3.63, 3.8) is 0 Å². The number of halogens is 2. The van der Waals surface area contributed by atoms with E-state index in [4.69, 9.17) is 28.3 Å². The van der Waals surface area contributed by atoms with Crippen molar-refractivity contribution in [1.82, 2.24) is 0 Å². The Bertz CT molecular complexity index is 574. The van der Waals surface area contributed by atoms with Gasteiger partial charge in [-0.05, 0) is 48.4 Å². The van der Waals surface area contributed by atoms with Gasteiger partial charge in [0.2, 0.25) is 0 Å². The summed E-state index contributed by atoms with van der Waals surface area (Å²) in [5.41, 5.74) is 2.17. The number of benzene rings is 1. The van der Waals surface area contributed by atoms with E-state index in [0.717, 1.165) is 31.2 Å². The van der Waals surface area contributed by atoms with E-state index >= 15 is 0 Å². The molecule has 1 N–H and O–H groups in total. The molecule has 1 aromatic rings. The van der Waals surface area contributed by atoms with Gasteiger partial charge in [0.15, 0.2) is 0 Å². The molecule has 0 amide bonds. The molecule has 1 fully saturated rings. The average molecular weight is 326 g/mol. The Kier molecular flexibility index (Phi) is 5.50. The van der Waals surface area contributed by atoms with Crippen molar-refractivity contribution in [3.8, 4) is 6.07 Å². The molecule has 0 aromatic heterocycles. The summed E-state index contributed by atoms with van der Waals surface area (Å²) >= 11 is 12.1. The summed E-state index contributed by atoms with van der Waals surface area (Å²) in [5.74, 6) is -0.733. The molecule has 112 valence electrons. The van der Waals surface area contributed by atoms with E-state index in [9.17, 15) is 10.1 Å². The van der Waals surface area contributed by atoms with Gasteiger partial charge in [0.05, 0.1) is 11.6 Å². The number of hydrogen-bond acceptors (Lipinski definition) is 2. The van der Waals surface area contributed by atoms with Gasteiger partial charge in [-0.25, -0.2) is 0 Å². The summed E-state index contributed by atoms with van der Waals surface area (Å²) in [6.07, 6.45) is 5.84. The molecule has 1 unspecified atom stereocenters. The van der Waals surface area contributed by atoms with E-state index in [1.807, 2.05) is 0 Å². The van der Waals surface area contributed by atoms with Crippen LogP contribution in [0.25, 0.3) is 0 Å². The smallest absolute Gasteiger partial charge is 0.321 e. The van der Waals surface area contributed by atoms with Crippen LogP contribution in [0.4, 0.5) is 0 Å². The molecule has 21 heavy (non-hydrogen) atoms. The van der Waals surface area contributed by atoms with Crippen LogP contribution in [0.3, 0.4) is 0 Å². The van der Waals surface area contributed by atoms with E-state index < -0.39 is 11.3 Å². The van der Waals surface area contributed by atoms with Gasteiger partial charge in [0.1, 0.15) is 5.38 Å². The number of carboxylic acids is 1. The van der Waals surface area contributed by atoms with Crippen molar-refractivity contribution < 1.29 is 9.90 Å². The van der Waals surface area contributed by atoms with Gasteiger partial charge >= 0.3 is 5.97 Å². The number of alkyl halides is 1. The van der Waals surface area contributed by atoms with Crippen LogP contribution < -0.4 is 0 Å². The maximum atomic E-state index is 10.8. The predicted molar refractivity (Wildman–Crippen MR) is 83.0 cm³/mol. The number of nitriles is 1. The second-order valence-electron chi connectivity index (χ2n) is 5.50. The van der Waals surface area contributed by atoms with Crippen molar-refractivity contribution in [2.75, 3.05) is 0 Å². The second-order valence-corrected chi connectivity index (χ2v) is 6.43. The zero-order chi connectivity index (χ0) is 15.4. The summed E-state index contributed by atoms with van der Waals surface area (Å²) in [4.78, 5) is 10.8. The first-order valence-electron chi connectivity index (χ1n) is 7.12. The molecule has 3 nitrogen and oxygen atoms in total. The molecule has 1 aliphatic carbocycles. The molecule has 0 spiro atoms. The first-order valence-corrected chi connectivity index (χ1v) is 7.93. The first-order chi connectivity index (χ1) is 10.0. The van der Waals surface area contributed by atoms with Crippen LogP contribution in [0, 0.1) is 11.3 Å². The lowest BCUT2D eigenvalue weighted by atomic mass is 9.81. The van der Waals surface area contributed by atoms with Crippen LogP contribution in [-0.2, 0) is 11.2 Å². The molecule has 1 saturated carbocycles. The van der Waals surface area contributed by atoms with E-state index in [0.29, 0.717) is 22.1 Å². The first kappa shape index (κ1) is 16.1. The molecule has 0 bridgehead atoms. The molecule has 1 aromatic carbocycles. The predicted octanol–water partition coefficient (Wildman–Crippen LogP) is 4.49. The Morgan fingerprint density at radius 3 is 2.62 bits per heavy atom. The van der Waals surface area contributed by atoms with Gasteiger partial charge in [0, 0.05) is 5.02 Å². The molecule has 1 atom stereocenters. The maximum absolute atomic E-state index is 10.8. The second kappa shape index (κ2) is 7.15. The molecule has 5 heteroatoms. The fourth-order valence-electron chi connectivity index (χ4n) is 2.98. The third kappa shape index (κ3) is 3.90. The van der Waals surface area contributed by atoms with Crippen molar-refractivity contribution in [2.45, 2.75) is 49.8 Å². The summed E-state index contributed by atoms with van der Waals surface area (Å²) in [6, 6.07) is 5.69. The van der Waals surface area contributed by atoms with Crippen LogP contribution in [0.1, 0.15) is 54.7 Å². The highest BCUT2D eigenvalue weighted by Gasteiger charge is 2.23. The van der Waals surface area contributed by atoms with Crippen molar-refractivity contribution in [1.29, 1.82) is 5.26 Å². The Morgan fingerprint density at radius 2 is 2.05 bits per heavy atom. The van der Waals surface area contributed by atoms with E-state index in [1.54, 1.807) is 12.1 Å². The number of aliphatic carboxylic acids is 1. The van der Waals surface area contributed by atoms with Gasteiger partial charge in [-0.1, -0.05) is 30.9 Å². The largest absolute Gasteiger partial charge is 0.480 e. The Morgan fingerprint density at radius 1 is 1.38 bits per heavy atom. The molecule has 0 radical (unpaired) electrons. The molecule has 0 saturated heterocycles. The highest BCUT2D eigenvalue weighted by molar-refractivity contribution is 6.32. The van der Waals surface area contributed by atoms with Crippen molar-refractivity contribution >= 4 is 29.2 Å². The SMILES string of the molecule is N#Cc1cc(CC(Cl)C(=O)O)cc(Cl)c1C1CCCCC1. The van der Waals surface area contributed by atoms with Gasteiger partial charge in [-0.2, -0.15) is 5.26 Å². The minimum absolute atomic E-state index is 0.163. The highest BCUT2D eigenvalue weighted by atomic mass is 35.5. The minimum Gasteiger partial charge on any atom is -0.480 e. The molecule has 2 rings (SSSR count). The van der Waals surface area contributed by atoms with Crippen molar-refractivity contribution in [2.24, 2.45) is 0 Å². The van der Waals surface area contributed by atoms with E-state index in [1.165, 1.54) is 6.42 Å². The number of rotatable bonds is 4. The van der Waals surface area contributed by atoms with Crippen molar-refractivity contribution in [3.05, 3.63) is 33.8 Å². The van der Waals surface area contributed by atoms with Gasteiger partial charge in [-0.15, -0.1) is 11.6 Å². The normalized spacial score (nSPS) is 17.2. The number of nitrogens with zero attached hydrogens (tertiary/aromatic N) is 1. The molecule has 1 aliphatic rings. The Hall–Kier alpha value is -1.24. The summed E-state index contributed by atoms with van der Waals surface area (Å²) in [7, 11) is 0. The van der Waals surface area contributed by atoms with Gasteiger partial charge in [0.25, 0.3) is 0 Å². The zero-order valence-electron chi connectivity index (χ0n) is 11.6. The number of hydrogen-bond donors (Lipinski definition) is 1. The maximum Gasteiger partial charge on any atom is 0.321 e. The van der Waals surface area contributed by atoms with Crippen LogP contribution in [0.15, 0.2) is 12.1 Å². The lowest BCUT2D eigenvalue weighted by molar-refractivity contribution is -0.136. The van der Waals surface area contributed by atoms with Crippen LogP contribution in [-0.4, -0.2) is 16.5 Å². The van der Waals surface area contributed by atoms with Gasteiger partial charge < -0.3 is 5.11 Å². The summed E-state index contributed by atoms with van der Waals surface area (Å²) in [5, 5.41) is 17.8. The quantitative estimate of drug-likeness (QED) is 0.829. The third-order valence-corrected chi connectivity index (χ3v) is 4.66. The topological polar surface area (TPSA) is 61.1 Å². The zero-order valence-corrected chi connectivity index (χ0v) is 13.1. The van der Waals surface area contributed by atoms with Crippen LogP contribution in [0.5, 0.6) is 0 Å². The Balaban J connectivity index is 2.31. The lowest BCUT2D eigenvalue weighted by Gasteiger charge is -2.24. The number of carboxylic acid groups (broad SMARTS) is 1. The number of carbonyl (C=O) groups is 1. The Labute approximate surface area is 134 Å². The monoisotopic (exact) mass is 325 g/mol. The molecule has 0 aliphatic heterocycles. The van der Waals surface area contributed by atoms with E-state index in [-0.39, 0.29) is 6.42 Å². The summed E-state index contributed by atoms with van der Waals surface area (Å²) < 4.78 is 0. The molecular formula is C16H17Cl2NO2. The average Bonchev–Trinajstić information content (AvgIpc) is 2.47. The summed E-state index contributed by atoms with van der Waals surface area (Å²) in [6.45, 7) is 0. The lowest BCUT2D eigenvalue weighted by Crippen LogP contribution is -2.16. The van der Waals surface area contributed by atoms with E-state index in [2.05, 4.69) is 6.07 Å². The molecule has 0 heterocycles. The minimum atomic E-state index is -1.07. The van der Waals surface area contributed by atoms with Crippen LogP contribution >= 0.6 is 23.2 Å². The van der Waals surface area contributed by atoms with Crippen LogP contribution in [0.2, 0.25) is 5.02 Å².